The number of likely N-dealkylation sites (tertiary alicyclic amines) is 1. The molecule has 0 radical (unpaired) electrons. The van der Waals surface area contributed by atoms with Crippen LogP contribution in [0.3, 0.4) is 0 Å². The largest absolute Gasteiger partial charge is 0.391 e. The summed E-state index contributed by atoms with van der Waals surface area (Å²) in [5, 5.41) is 11.6. The fourth-order valence-electron chi connectivity index (χ4n) is 5.21. The summed E-state index contributed by atoms with van der Waals surface area (Å²) in [6.07, 6.45) is 7.42. The Labute approximate surface area is 211 Å². The van der Waals surface area contributed by atoms with E-state index in [4.69, 9.17) is 0 Å². The van der Waals surface area contributed by atoms with E-state index in [0.717, 1.165) is 51.4 Å². The molecule has 2 aromatic rings. The maximum absolute atomic E-state index is 13.2. The Balaban J connectivity index is 1.67. The van der Waals surface area contributed by atoms with Crippen LogP contribution in [0, 0.1) is 11.3 Å². The van der Waals surface area contributed by atoms with Gasteiger partial charge in [0.2, 0.25) is 5.78 Å². The van der Waals surface area contributed by atoms with Crippen molar-refractivity contribution in [3.63, 3.8) is 0 Å². The van der Waals surface area contributed by atoms with E-state index in [1.165, 1.54) is 11.1 Å². The van der Waals surface area contributed by atoms with Crippen molar-refractivity contribution >= 4 is 11.7 Å². The van der Waals surface area contributed by atoms with Crippen LogP contribution in [0.1, 0.15) is 76.8 Å². The Hall–Kier alpha value is -2.46. The minimum Gasteiger partial charge on any atom is -0.391 e. The van der Waals surface area contributed by atoms with Crippen molar-refractivity contribution in [2.24, 2.45) is 11.3 Å². The Morgan fingerprint density at radius 2 is 1.46 bits per heavy atom. The third kappa shape index (κ3) is 7.51. The highest BCUT2D eigenvalue weighted by molar-refractivity contribution is 6.38. The van der Waals surface area contributed by atoms with Crippen molar-refractivity contribution in [2.45, 2.75) is 90.7 Å². The summed E-state index contributed by atoms with van der Waals surface area (Å²) < 4.78 is 0. The van der Waals surface area contributed by atoms with E-state index in [-0.39, 0.29) is 17.7 Å². The standard InChI is InChI=1S/C31H43NO3/c1-4-31(2,3)29(34)30(35)32-23-13-22-27(32)28(33)26(20-11-18-24-14-7-5-8-15-24)21-12-19-25-16-9-6-10-17-25/h5-10,14-17,26-28,33H,4,11-13,18-23H2,1-3H3. The molecule has 0 aliphatic carbocycles. The van der Waals surface area contributed by atoms with E-state index >= 15 is 0 Å². The predicted octanol–water partition coefficient (Wildman–Crippen LogP) is 6.01. The Morgan fingerprint density at radius 1 is 0.943 bits per heavy atom. The average Bonchev–Trinajstić information content (AvgIpc) is 3.38. The van der Waals surface area contributed by atoms with E-state index in [2.05, 4.69) is 48.5 Å². The summed E-state index contributed by atoms with van der Waals surface area (Å²) in [6.45, 7) is 6.18. The quantitative estimate of drug-likeness (QED) is 0.360. The second kappa shape index (κ2) is 13.0. The molecule has 2 aromatic carbocycles. The highest BCUT2D eigenvalue weighted by Crippen LogP contribution is 2.31. The molecule has 0 aromatic heterocycles. The zero-order valence-electron chi connectivity index (χ0n) is 21.8. The van der Waals surface area contributed by atoms with Gasteiger partial charge in [0.15, 0.2) is 0 Å². The number of carbonyl (C=O) groups excluding carboxylic acids is 2. The van der Waals surface area contributed by atoms with E-state index in [0.29, 0.717) is 13.0 Å². The van der Waals surface area contributed by atoms with Crippen LogP contribution in [-0.2, 0) is 22.4 Å². The number of carbonyl (C=O) groups is 2. The number of aryl methyl sites for hydroxylation is 2. The number of benzene rings is 2. The van der Waals surface area contributed by atoms with Gasteiger partial charge in [0.25, 0.3) is 5.91 Å². The van der Waals surface area contributed by atoms with Crippen LogP contribution in [0.25, 0.3) is 0 Å². The lowest BCUT2D eigenvalue weighted by Crippen LogP contribution is -2.50. The first kappa shape index (κ1) is 27.1. The van der Waals surface area contributed by atoms with E-state index in [9.17, 15) is 14.7 Å². The topological polar surface area (TPSA) is 57.6 Å². The number of hydrogen-bond donors (Lipinski definition) is 1. The Kier molecular flexibility index (Phi) is 10.1. The van der Waals surface area contributed by atoms with Gasteiger partial charge in [0.05, 0.1) is 12.1 Å². The van der Waals surface area contributed by atoms with Gasteiger partial charge in [0.1, 0.15) is 0 Å². The number of nitrogens with zero attached hydrogens (tertiary/aromatic N) is 1. The number of ketones is 1. The van der Waals surface area contributed by atoms with Crippen LogP contribution in [0.15, 0.2) is 60.7 Å². The van der Waals surface area contributed by atoms with Gasteiger partial charge in [0, 0.05) is 12.0 Å². The molecule has 35 heavy (non-hydrogen) atoms. The number of amides is 1. The molecule has 190 valence electrons. The highest BCUT2D eigenvalue weighted by atomic mass is 16.3. The number of aliphatic hydroxyl groups is 1. The van der Waals surface area contributed by atoms with E-state index in [1.54, 1.807) is 4.90 Å². The number of Topliss-reactive ketones (excluding diaryl/α,β-unsaturated/α-hetero) is 1. The average molecular weight is 478 g/mol. The van der Waals surface area contributed by atoms with Gasteiger partial charge in [-0.2, -0.15) is 0 Å². The van der Waals surface area contributed by atoms with Crippen molar-refractivity contribution in [2.75, 3.05) is 6.54 Å². The fraction of sp³-hybridized carbons (Fsp3) is 0.548. The molecule has 3 rings (SSSR count). The second-order valence-electron chi connectivity index (χ2n) is 10.8. The minimum absolute atomic E-state index is 0.107. The molecule has 1 fully saturated rings. The Bertz CT molecular complexity index is 879. The van der Waals surface area contributed by atoms with Crippen LogP contribution in [0.4, 0.5) is 0 Å². The van der Waals surface area contributed by atoms with E-state index in [1.807, 2.05) is 32.9 Å². The molecule has 4 heteroatoms. The zero-order valence-corrected chi connectivity index (χ0v) is 21.8. The highest BCUT2D eigenvalue weighted by Gasteiger charge is 2.42. The van der Waals surface area contributed by atoms with Gasteiger partial charge < -0.3 is 10.0 Å². The van der Waals surface area contributed by atoms with Gasteiger partial charge in [-0.3, -0.25) is 9.59 Å². The molecular weight excluding hydrogens is 434 g/mol. The van der Waals surface area contributed by atoms with Crippen LogP contribution < -0.4 is 0 Å². The molecule has 2 unspecified atom stereocenters. The SMILES string of the molecule is CCC(C)(C)C(=O)C(=O)N1CCCC1C(O)C(CCCc1ccccc1)CCCc1ccccc1. The lowest BCUT2D eigenvalue weighted by atomic mass is 9.83. The number of rotatable bonds is 13. The monoisotopic (exact) mass is 477 g/mol. The normalized spacial score (nSPS) is 17.1. The van der Waals surface area contributed by atoms with E-state index < -0.39 is 17.4 Å². The van der Waals surface area contributed by atoms with Crippen molar-refractivity contribution < 1.29 is 14.7 Å². The molecular formula is C31H43NO3. The van der Waals surface area contributed by atoms with Gasteiger partial charge in [-0.15, -0.1) is 0 Å². The van der Waals surface area contributed by atoms with Gasteiger partial charge in [-0.25, -0.2) is 0 Å². The zero-order chi connectivity index (χ0) is 25.3. The summed E-state index contributed by atoms with van der Waals surface area (Å²) in [6, 6.07) is 20.7. The predicted molar refractivity (Wildman–Crippen MR) is 142 cm³/mol. The van der Waals surface area contributed by atoms with Gasteiger partial charge in [-0.05, 0) is 74.8 Å². The van der Waals surface area contributed by atoms with Crippen molar-refractivity contribution in [3.8, 4) is 0 Å². The third-order valence-electron chi connectivity index (χ3n) is 7.90. The van der Waals surface area contributed by atoms with Gasteiger partial charge >= 0.3 is 0 Å². The Morgan fingerprint density at radius 3 is 1.94 bits per heavy atom. The second-order valence-corrected chi connectivity index (χ2v) is 10.8. The van der Waals surface area contributed by atoms with Crippen LogP contribution in [0.5, 0.6) is 0 Å². The first-order valence-electron chi connectivity index (χ1n) is 13.4. The molecule has 1 N–H and O–H groups in total. The molecule has 1 amide bonds. The maximum atomic E-state index is 13.2. The first-order chi connectivity index (χ1) is 16.8. The summed E-state index contributed by atoms with van der Waals surface area (Å²) in [7, 11) is 0. The van der Waals surface area contributed by atoms with Gasteiger partial charge in [-0.1, -0.05) is 81.4 Å². The lowest BCUT2D eigenvalue weighted by molar-refractivity contribution is -0.151. The van der Waals surface area contributed by atoms with Crippen molar-refractivity contribution in [1.29, 1.82) is 0 Å². The van der Waals surface area contributed by atoms with Crippen LogP contribution >= 0.6 is 0 Å². The lowest BCUT2D eigenvalue weighted by Gasteiger charge is -2.34. The third-order valence-corrected chi connectivity index (χ3v) is 7.90. The molecule has 4 nitrogen and oxygen atoms in total. The number of hydrogen-bond acceptors (Lipinski definition) is 3. The fourth-order valence-corrected chi connectivity index (χ4v) is 5.21. The molecule has 1 aliphatic heterocycles. The van der Waals surface area contributed by atoms with Crippen molar-refractivity contribution in [1.82, 2.24) is 4.90 Å². The smallest absolute Gasteiger partial charge is 0.290 e. The molecule has 0 saturated carbocycles. The molecule has 0 spiro atoms. The molecule has 2 atom stereocenters. The van der Waals surface area contributed by atoms with Crippen molar-refractivity contribution in [3.05, 3.63) is 71.8 Å². The van der Waals surface area contributed by atoms with Crippen LogP contribution in [-0.4, -0.2) is 40.4 Å². The summed E-state index contributed by atoms with van der Waals surface area (Å²) in [4.78, 5) is 27.7. The molecule has 1 aliphatic rings. The summed E-state index contributed by atoms with van der Waals surface area (Å²) in [5.41, 5.74) is 1.96. The summed E-state index contributed by atoms with van der Waals surface area (Å²) in [5.74, 6) is -0.635. The maximum Gasteiger partial charge on any atom is 0.290 e. The molecule has 1 heterocycles. The first-order valence-corrected chi connectivity index (χ1v) is 13.4. The molecule has 1 saturated heterocycles. The van der Waals surface area contributed by atoms with Crippen LogP contribution in [0.2, 0.25) is 0 Å². The summed E-state index contributed by atoms with van der Waals surface area (Å²) >= 11 is 0. The number of aliphatic hydroxyl groups excluding tert-OH is 1. The molecule has 0 bridgehead atoms. The minimum atomic E-state index is -0.667.